The van der Waals surface area contributed by atoms with Crippen molar-refractivity contribution in [3.05, 3.63) is 18.0 Å². The van der Waals surface area contributed by atoms with E-state index in [0.29, 0.717) is 0 Å². The Labute approximate surface area is 109 Å². The summed E-state index contributed by atoms with van der Waals surface area (Å²) in [6.07, 6.45) is 2.77. The first kappa shape index (κ1) is 14.7. The van der Waals surface area contributed by atoms with E-state index >= 15 is 0 Å². The molecule has 0 bridgehead atoms. The predicted molar refractivity (Wildman–Crippen MR) is 72.3 cm³/mol. The van der Waals surface area contributed by atoms with E-state index in [4.69, 9.17) is 0 Å². The Morgan fingerprint density at radius 2 is 2.17 bits per heavy atom. The molecule has 1 heterocycles. The topological polar surface area (TPSA) is 50.2 Å². The Balaban J connectivity index is 2.32. The number of nitrogens with one attached hydrogen (secondary N) is 1. The fraction of sp³-hybridized carbons (Fsp3) is 0.692. The van der Waals surface area contributed by atoms with Crippen LogP contribution < -0.4 is 5.32 Å². The van der Waals surface area contributed by atoms with Gasteiger partial charge in [-0.05, 0) is 26.8 Å². The minimum Gasteiger partial charge on any atom is -0.342 e. The van der Waals surface area contributed by atoms with Crippen LogP contribution in [0.3, 0.4) is 0 Å². The molecule has 0 aliphatic rings. The van der Waals surface area contributed by atoms with Crippen LogP contribution in [0.2, 0.25) is 0 Å². The number of carbonyl (C=O) groups excluding carboxylic acids is 1. The second-order valence-electron chi connectivity index (χ2n) is 4.42. The molecule has 0 saturated carbocycles. The number of hydrogen-bond donors (Lipinski definition) is 1. The maximum Gasteiger partial charge on any atom is 0.239 e. The van der Waals surface area contributed by atoms with Crippen LogP contribution in [-0.4, -0.2) is 46.3 Å². The van der Waals surface area contributed by atoms with Crippen molar-refractivity contribution in [1.82, 2.24) is 20.0 Å². The van der Waals surface area contributed by atoms with E-state index in [1.54, 1.807) is 4.68 Å². The maximum absolute atomic E-state index is 12.0. The van der Waals surface area contributed by atoms with Gasteiger partial charge in [0, 0.05) is 39.3 Å². The molecule has 0 radical (unpaired) electrons. The van der Waals surface area contributed by atoms with Gasteiger partial charge < -0.3 is 10.2 Å². The summed E-state index contributed by atoms with van der Waals surface area (Å²) >= 11 is 0. The van der Waals surface area contributed by atoms with Crippen molar-refractivity contribution in [2.45, 2.75) is 33.2 Å². The minimum atomic E-state index is -0.131. The number of aromatic nitrogens is 2. The highest BCUT2D eigenvalue weighted by Gasteiger charge is 2.17. The van der Waals surface area contributed by atoms with Crippen LogP contribution in [0.15, 0.2) is 12.3 Å². The molecule has 18 heavy (non-hydrogen) atoms. The molecular weight excluding hydrogens is 228 g/mol. The van der Waals surface area contributed by atoms with Crippen LogP contribution in [0, 0.1) is 0 Å². The van der Waals surface area contributed by atoms with E-state index in [9.17, 15) is 4.79 Å². The molecule has 1 rings (SSSR count). The standard InChI is InChI=1S/C13H24N4O/c1-5-17(6-2)13(18)11(3)14-9-7-12-8-10-16(4)15-12/h8,10-11,14H,5-7,9H2,1-4H3. The molecule has 1 aromatic rings. The molecule has 0 aliphatic carbocycles. The molecule has 1 unspecified atom stereocenters. The second kappa shape index (κ2) is 7.16. The van der Waals surface area contributed by atoms with Gasteiger partial charge in [-0.25, -0.2) is 0 Å². The first-order valence-electron chi connectivity index (χ1n) is 6.59. The molecule has 102 valence electrons. The zero-order valence-corrected chi connectivity index (χ0v) is 11.8. The van der Waals surface area contributed by atoms with E-state index in [1.165, 1.54) is 0 Å². The molecule has 5 heteroatoms. The summed E-state index contributed by atoms with van der Waals surface area (Å²) in [7, 11) is 1.91. The largest absolute Gasteiger partial charge is 0.342 e. The van der Waals surface area contributed by atoms with Crippen molar-refractivity contribution < 1.29 is 4.79 Å². The predicted octanol–water partition coefficient (Wildman–Crippen LogP) is 0.809. The van der Waals surface area contributed by atoms with E-state index in [1.807, 2.05) is 45.0 Å². The highest BCUT2D eigenvalue weighted by Crippen LogP contribution is 1.97. The molecule has 0 saturated heterocycles. The molecule has 0 aliphatic heterocycles. The molecule has 1 aromatic heterocycles. The Hall–Kier alpha value is -1.36. The fourth-order valence-electron chi connectivity index (χ4n) is 1.91. The highest BCUT2D eigenvalue weighted by atomic mass is 16.2. The third kappa shape index (κ3) is 4.14. The van der Waals surface area contributed by atoms with E-state index in [-0.39, 0.29) is 11.9 Å². The second-order valence-corrected chi connectivity index (χ2v) is 4.42. The summed E-state index contributed by atoms with van der Waals surface area (Å²) in [6, 6.07) is 1.87. The molecule has 1 atom stereocenters. The number of likely N-dealkylation sites (N-methyl/N-ethyl adjacent to an activating group) is 1. The van der Waals surface area contributed by atoms with Crippen LogP contribution in [0.25, 0.3) is 0 Å². The third-order valence-electron chi connectivity index (χ3n) is 3.05. The lowest BCUT2D eigenvalue weighted by molar-refractivity contribution is -0.132. The molecule has 5 nitrogen and oxygen atoms in total. The summed E-state index contributed by atoms with van der Waals surface area (Å²) in [4.78, 5) is 13.8. The van der Waals surface area contributed by atoms with Gasteiger partial charge in [0.25, 0.3) is 0 Å². The number of aryl methyl sites for hydroxylation is 1. The summed E-state index contributed by atoms with van der Waals surface area (Å²) in [5.41, 5.74) is 1.05. The average molecular weight is 252 g/mol. The van der Waals surface area contributed by atoms with Crippen molar-refractivity contribution in [3.8, 4) is 0 Å². The summed E-state index contributed by atoms with van der Waals surface area (Å²) in [5, 5.41) is 7.55. The number of amides is 1. The van der Waals surface area contributed by atoms with Crippen molar-refractivity contribution in [3.63, 3.8) is 0 Å². The molecule has 1 N–H and O–H groups in total. The highest BCUT2D eigenvalue weighted by molar-refractivity contribution is 5.81. The molecular formula is C13H24N4O. The Bertz CT molecular complexity index is 371. The Morgan fingerprint density at radius 1 is 1.50 bits per heavy atom. The SMILES string of the molecule is CCN(CC)C(=O)C(C)NCCc1ccn(C)n1. The van der Waals surface area contributed by atoms with Gasteiger partial charge in [-0.2, -0.15) is 5.10 Å². The molecule has 0 aromatic carbocycles. The summed E-state index contributed by atoms with van der Waals surface area (Å²) in [6.45, 7) is 8.22. The van der Waals surface area contributed by atoms with Crippen LogP contribution in [0.4, 0.5) is 0 Å². The Morgan fingerprint density at radius 3 is 2.67 bits per heavy atom. The van der Waals surface area contributed by atoms with E-state index < -0.39 is 0 Å². The zero-order valence-electron chi connectivity index (χ0n) is 11.8. The molecule has 0 spiro atoms. The van der Waals surface area contributed by atoms with Crippen molar-refractivity contribution in [1.29, 1.82) is 0 Å². The van der Waals surface area contributed by atoms with Crippen LogP contribution in [0.1, 0.15) is 26.5 Å². The van der Waals surface area contributed by atoms with E-state index in [2.05, 4.69) is 10.4 Å². The third-order valence-corrected chi connectivity index (χ3v) is 3.05. The Kier molecular flexibility index (Phi) is 5.85. The smallest absolute Gasteiger partial charge is 0.239 e. The lowest BCUT2D eigenvalue weighted by Gasteiger charge is -2.23. The van der Waals surface area contributed by atoms with Crippen molar-refractivity contribution in [2.75, 3.05) is 19.6 Å². The first-order valence-corrected chi connectivity index (χ1v) is 6.59. The maximum atomic E-state index is 12.0. The quantitative estimate of drug-likeness (QED) is 0.781. The lowest BCUT2D eigenvalue weighted by atomic mass is 10.2. The zero-order chi connectivity index (χ0) is 13.5. The number of hydrogen-bond acceptors (Lipinski definition) is 3. The number of carbonyl (C=O) groups is 1. The minimum absolute atomic E-state index is 0.131. The van der Waals surface area contributed by atoms with Crippen LogP contribution in [-0.2, 0) is 18.3 Å². The van der Waals surface area contributed by atoms with Gasteiger partial charge in [0.05, 0.1) is 11.7 Å². The van der Waals surface area contributed by atoms with E-state index in [0.717, 1.165) is 31.7 Å². The van der Waals surface area contributed by atoms with Crippen molar-refractivity contribution in [2.24, 2.45) is 7.05 Å². The van der Waals surface area contributed by atoms with Crippen LogP contribution in [0.5, 0.6) is 0 Å². The number of nitrogens with zero attached hydrogens (tertiary/aromatic N) is 3. The van der Waals surface area contributed by atoms with Gasteiger partial charge in [0.2, 0.25) is 5.91 Å². The summed E-state index contributed by atoms with van der Waals surface area (Å²) in [5.74, 6) is 0.168. The average Bonchev–Trinajstić information content (AvgIpc) is 2.76. The fourth-order valence-corrected chi connectivity index (χ4v) is 1.91. The van der Waals surface area contributed by atoms with Crippen molar-refractivity contribution >= 4 is 5.91 Å². The summed E-state index contributed by atoms with van der Waals surface area (Å²) < 4.78 is 1.79. The molecule has 0 fully saturated rings. The monoisotopic (exact) mass is 252 g/mol. The number of rotatable bonds is 7. The van der Waals surface area contributed by atoms with Gasteiger partial charge in [-0.15, -0.1) is 0 Å². The van der Waals surface area contributed by atoms with Crippen LogP contribution >= 0.6 is 0 Å². The molecule has 1 amide bonds. The van der Waals surface area contributed by atoms with Gasteiger partial charge in [-0.3, -0.25) is 9.48 Å². The van der Waals surface area contributed by atoms with Gasteiger partial charge in [0.15, 0.2) is 0 Å². The first-order chi connectivity index (χ1) is 8.58. The normalized spacial score (nSPS) is 12.4. The lowest BCUT2D eigenvalue weighted by Crippen LogP contribution is -2.45. The van der Waals surface area contributed by atoms with Gasteiger partial charge in [-0.1, -0.05) is 0 Å². The van der Waals surface area contributed by atoms with Gasteiger partial charge in [0.1, 0.15) is 0 Å². The van der Waals surface area contributed by atoms with Gasteiger partial charge >= 0.3 is 0 Å².